The number of carbonyl (C=O) groups excluding carboxylic acids is 2. The standard InChI is InChI=1S/C26H16Cl3N3O2S2/c27-18-8-5-15(6-9-18)24(33)30-32-25(34)23(36-26(32)35)11-17-14-31(22-4-2-1-3-20(17)22)13-16-7-10-19(28)12-21(16)29/h1-12,14H,13H2,(H,30,33)/b23-11+. The first-order valence-electron chi connectivity index (χ1n) is 10.7. The SMILES string of the molecule is O=C(NN1C(=O)/C(=C\c2cn(Cc3ccc(Cl)cc3Cl)c3ccccc23)SC1=S)c1ccc(Cl)cc1. The van der Waals surface area contributed by atoms with Crippen molar-refractivity contribution >= 4 is 91.9 Å². The lowest BCUT2D eigenvalue weighted by atomic mass is 10.1. The number of carbonyl (C=O) groups is 2. The van der Waals surface area contributed by atoms with Gasteiger partial charge in [-0.05, 0) is 66.3 Å². The Labute approximate surface area is 231 Å². The zero-order valence-electron chi connectivity index (χ0n) is 18.4. The molecule has 1 fully saturated rings. The zero-order valence-corrected chi connectivity index (χ0v) is 22.3. The Bertz CT molecular complexity index is 1560. The van der Waals surface area contributed by atoms with Gasteiger partial charge in [0.25, 0.3) is 11.8 Å². The number of hydrogen-bond acceptors (Lipinski definition) is 4. The summed E-state index contributed by atoms with van der Waals surface area (Å²) in [6, 6.07) is 19.7. The quantitative estimate of drug-likeness (QED) is 0.203. The summed E-state index contributed by atoms with van der Waals surface area (Å²) in [5.41, 5.74) is 5.70. The second-order valence-corrected chi connectivity index (χ2v) is 10.9. The fourth-order valence-electron chi connectivity index (χ4n) is 3.83. The van der Waals surface area contributed by atoms with Gasteiger partial charge in [0.05, 0.1) is 4.91 Å². The number of thiocarbonyl (C=S) groups is 1. The average Bonchev–Trinajstić information content (AvgIpc) is 3.33. The molecule has 0 unspecified atom stereocenters. The maximum atomic E-state index is 13.1. The third-order valence-electron chi connectivity index (χ3n) is 5.58. The van der Waals surface area contributed by atoms with Crippen LogP contribution in [-0.2, 0) is 11.3 Å². The van der Waals surface area contributed by atoms with Crippen LogP contribution in [-0.4, -0.2) is 25.7 Å². The third-order valence-corrected chi connectivity index (χ3v) is 7.72. The topological polar surface area (TPSA) is 54.3 Å². The van der Waals surface area contributed by atoms with E-state index in [-0.39, 0.29) is 4.32 Å². The number of rotatable bonds is 5. The molecule has 0 radical (unpaired) electrons. The van der Waals surface area contributed by atoms with Crippen molar-refractivity contribution in [1.29, 1.82) is 0 Å². The molecule has 1 N–H and O–H groups in total. The Balaban J connectivity index is 1.43. The molecule has 3 aromatic carbocycles. The first-order valence-corrected chi connectivity index (χ1v) is 13.0. The number of para-hydroxylation sites is 1. The van der Waals surface area contributed by atoms with E-state index in [1.807, 2.05) is 36.5 Å². The van der Waals surface area contributed by atoms with E-state index in [9.17, 15) is 9.59 Å². The molecular formula is C26H16Cl3N3O2S2. The van der Waals surface area contributed by atoms with Gasteiger partial charge < -0.3 is 4.57 Å². The van der Waals surface area contributed by atoms with Gasteiger partial charge in [0, 0.05) is 49.8 Å². The molecule has 0 saturated carbocycles. The van der Waals surface area contributed by atoms with E-state index in [1.54, 1.807) is 42.5 Å². The lowest BCUT2D eigenvalue weighted by molar-refractivity contribution is -0.123. The highest BCUT2D eigenvalue weighted by Crippen LogP contribution is 2.34. The molecule has 180 valence electrons. The monoisotopic (exact) mass is 571 g/mol. The number of nitrogens with zero attached hydrogens (tertiary/aromatic N) is 2. The Morgan fingerprint density at radius 2 is 1.72 bits per heavy atom. The number of amides is 2. The van der Waals surface area contributed by atoms with Crippen molar-refractivity contribution in [2.75, 3.05) is 0 Å². The van der Waals surface area contributed by atoms with Gasteiger partial charge in [0.1, 0.15) is 0 Å². The van der Waals surface area contributed by atoms with Crippen LogP contribution in [0.15, 0.2) is 77.8 Å². The van der Waals surface area contributed by atoms with Crippen molar-refractivity contribution in [3.05, 3.63) is 110 Å². The molecule has 0 aliphatic carbocycles. The molecule has 2 heterocycles. The van der Waals surface area contributed by atoms with Crippen LogP contribution in [0.3, 0.4) is 0 Å². The molecule has 5 rings (SSSR count). The Morgan fingerprint density at radius 1 is 1.00 bits per heavy atom. The molecular weight excluding hydrogens is 557 g/mol. The van der Waals surface area contributed by atoms with Crippen molar-refractivity contribution < 1.29 is 9.59 Å². The van der Waals surface area contributed by atoms with Gasteiger partial charge in [0.2, 0.25) is 0 Å². The molecule has 1 saturated heterocycles. The number of thioether (sulfide) groups is 1. The maximum absolute atomic E-state index is 13.1. The molecule has 0 atom stereocenters. The van der Waals surface area contributed by atoms with Crippen LogP contribution in [0.5, 0.6) is 0 Å². The highest BCUT2D eigenvalue weighted by atomic mass is 35.5. The Kier molecular flexibility index (Phi) is 7.10. The van der Waals surface area contributed by atoms with E-state index < -0.39 is 11.8 Å². The lowest BCUT2D eigenvalue weighted by Crippen LogP contribution is -2.44. The minimum Gasteiger partial charge on any atom is -0.342 e. The number of hydrazine groups is 1. The maximum Gasteiger partial charge on any atom is 0.285 e. The summed E-state index contributed by atoms with van der Waals surface area (Å²) in [6.07, 6.45) is 3.75. The van der Waals surface area contributed by atoms with Crippen molar-refractivity contribution in [2.24, 2.45) is 0 Å². The Morgan fingerprint density at radius 3 is 2.47 bits per heavy atom. The predicted octanol–water partition coefficient (Wildman–Crippen LogP) is 7.20. The van der Waals surface area contributed by atoms with E-state index >= 15 is 0 Å². The number of fused-ring (bicyclic) bond motifs is 1. The summed E-state index contributed by atoms with van der Waals surface area (Å²) in [5.74, 6) is -0.856. The van der Waals surface area contributed by atoms with Gasteiger partial charge in [-0.1, -0.05) is 70.8 Å². The highest BCUT2D eigenvalue weighted by Gasteiger charge is 2.34. The summed E-state index contributed by atoms with van der Waals surface area (Å²) in [4.78, 5) is 26.1. The number of nitrogens with one attached hydrogen (secondary N) is 1. The second-order valence-electron chi connectivity index (χ2n) is 7.93. The van der Waals surface area contributed by atoms with Crippen molar-refractivity contribution in [3.63, 3.8) is 0 Å². The van der Waals surface area contributed by atoms with Crippen LogP contribution in [0.1, 0.15) is 21.5 Å². The van der Waals surface area contributed by atoms with Crippen molar-refractivity contribution in [2.45, 2.75) is 6.54 Å². The minimum absolute atomic E-state index is 0.241. The zero-order chi connectivity index (χ0) is 25.4. The van der Waals surface area contributed by atoms with E-state index in [0.717, 1.165) is 38.8 Å². The number of halogens is 3. The molecule has 1 aliphatic heterocycles. The van der Waals surface area contributed by atoms with Gasteiger partial charge in [0.15, 0.2) is 4.32 Å². The highest BCUT2D eigenvalue weighted by molar-refractivity contribution is 8.26. The van der Waals surface area contributed by atoms with Gasteiger partial charge in [-0.3, -0.25) is 15.0 Å². The number of benzene rings is 3. The Hall–Kier alpha value is -2.81. The predicted molar refractivity (Wildman–Crippen MR) is 151 cm³/mol. The first kappa shape index (κ1) is 24.9. The van der Waals surface area contributed by atoms with E-state index in [1.165, 1.54) is 0 Å². The van der Waals surface area contributed by atoms with Crippen molar-refractivity contribution in [3.8, 4) is 0 Å². The van der Waals surface area contributed by atoms with Crippen LogP contribution in [0.4, 0.5) is 0 Å². The number of aromatic nitrogens is 1. The molecule has 0 bridgehead atoms. The molecule has 4 aromatic rings. The summed E-state index contributed by atoms with van der Waals surface area (Å²) < 4.78 is 2.31. The van der Waals surface area contributed by atoms with Gasteiger partial charge in [-0.2, -0.15) is 5.01 Å². The second kappa shape index (κ2) is 10.3. The van der Waals surface area contributed by atoms with Crippen LogP contribution >= 0.6 is 58.8 Å². The lowest BCUT2D eigenvalue weighted by Gasteiger charge is -2.15. The first-order chi connectivity index (χ1) is 17.3. The van der Waals surface area contributed by atoms with Crippen molar-refractivity contribution in [1.82, 2.24) is 15.0 Å². The molecule has 1 aliphatic rings. The fourth-order valence-corrected chi connectivity index (χ4v) is 5.59. The molecule has 2 amide bonds. The molecule has 36 heavy (non-hydrogen) atoms. The smallest absolute Gasteiger partial charge is 0.285 e. The van der Waals surface area contributed by atoms with E-state index in [2.05, 4.69) is 9.99 Å². The summed E-state index contributed by atoms with van der Waals surface area (Å²) in [6.45, 7) is 0.530. The molecule has 1 aromatic heterocycles. The summed E-state index contributed by atoms with van der Waals surface area (Å²) >= 11 is 24.8. The number of hydrogen-bond donors (Lipinski definition) is 1. The van der Waals surface area contributed by atoms with Gasteiger partial charge in [-0.25, -0.2) is 0 Å². The molecule has 0 spiro atoms. The minimum atomic E-state index is -0.458. The van der Waals surface area contributed by atoms with E-state index in [0.29, 0.717) is 32.1 Å². The van der Waals surface area contributed by atoms with Crippen LogP contribution in [0.25, 0.3) is 17.0 Å². The molecule has 10 heteroatoms. The average molecular weight is 573 g/mol. The summed E-state index contributed by atoms with van der Waals surface area (Å²) in [5, 5.41) is 3.73. The van der Waals surface area contributed by atoms with Gasteiger partial charge in [-0.15, -0.1) is 0 Å². The third kappa shape index (κ3) is 5.03. The van der Waals surface area contributed by atoms with Crippen LogP contribution in [0, 0.1) is 0 Å². The van der Waals surface area contributed by atoms with Crippen LogP contribution in [0.2, 0.25) is 15.1 Å². The normalized spacial score (nSPS) is 14.8. The van der Waals surface area contributed by atoms with Crippen LogP contribution < -0.4 is 5.43 Å². The van der Waals surface area contributed by atoms with E-state index in [4.69, 9.17) is 47.0 Å². The fraction of sp³-hybridized carbons (Fsp3) is 0.0385. The molecule has 5 nitrogen and oxygen atoms in total. The van der Waals surface area contributed by atoms with Gasteiger partial charge >= 0.3 is 0 Å². The summed E-state index contributed by atoms with van der Waals surface area (Å²) in [7, 11) is 0. The largest absolute Gasteiger partial charge is 0.342 e.